The van der Waals surface area contributed by atoms with Gasteiger partial charge in [-0.25, -0.2) is 0 Å². The van der Waals surface area contributed by atoms with Gasteiger partial charge in [0.15, 0.2) is 0 Å². The number of anilines is 1. The van der Waals surface area contributed by atoms with E-state index >= 15 is 0 Å². The van der Waals surface area contributed by atoms with Crippen molar-refractivity contribution in [2.75, 3.05) is 11.9 Å². The third-order valence-electron chi connectivity index (χ3n) is 5.12. The Morgan fingerprint density at radius 3 is 2.56 bits per heavy atom. The Kier molecular flexibility index (Phi) is 6.03. The van der Waals surface area contributed by atoms with Crippen molar-refractivity contribution in [1.82, 2.24) is 0 Å². The molecule has 0 radical (unpaired) electrons. The summed E-state index contributed by atoms with van der Waals surface area (Å²) in [5, 5.41) is 13.1. The van der Waals surface area contributed by atoms with Gasteiger partial charge in [0, 0.05) is 5.02 Å². The van der Waals surface area contributed by atoms with Crippen molar-refractivity contribution < 1.29 is 9.53 Å². The Labute approximate surface area is 165 Å². The molecule has 2 aromatic rings. The van der Waals surface area contributed by atoms with Crippen LogP contribution >= 0.6 is 11.6 Å². The quantitative estimate of drug-likeness (QED) is 0.722. The van der Waals surface area contributed by atoms with Crippen LogP contribution in [0.2, 0.25) is 5.02 Å². The second-order valence-corrected chi connectivity index (χ2v) is 7.35. The molecular formula is C22H23ClN2O2. The van der Waals surface area contributed by atoms with Crippen LogP contribution in [0, 0.1) is 11.3 Å². The van der Waals surface area contributed by atoms with Crippen LogP contribution in [0.1, 0.15) is 50.2 Å². The number of hydrogen-bond acceptors (Lipinski definition) is 3. The van der Waals surface area contributed by atoms with Crippen molar-refractivity contribution in [3.63, 3.8) is 0 Å². The summed E-state index contributed by atoms with van der Waals surface area (Å²) in [6.07, 6.45) is 4.49. The van der Waals surface area contributed by atoms with E-state index in [1.807, 2.05) is 31.2 Å². The van der Waals surface area contributed by atoms with E-state index in [0.717, 1.165) is 37.7 Å². The van der Waals surface area contributed by atoms with Gasteiger partial charge in [-0.15, -0.1) is 0 Å². The largest absolute Gasteiger partial charge is 0.494 e. The zero-order valence-electron chi connectivity index (χ0n) is 15.4. The molecule has 1 fully saturated rings. The SMILES string of the molecule is CCCOc1ccc(NC(=O)C2(c3ccc(Cl)cc3)CCCC2)c(C#N)c1. The molecule has 140 valence electrons. The first-order chi connectivity index (χ1) is 13.1. The highest BCUT2D eigenvalue weighted by atomic mass is 35.5. The van der Waals surface area contributed by atoms with Crippen LogP contribution in [0.25, 0.3) is 0 Å². The molecule has 0 unspecified atom stereocenters. The van der Waals surface area contributed by atoms with Crippen molar-refractivity contribution in [3.05, 3.63) is 58.6 Å². The Bertz CT molecular complexity index is 850. The van der Waals surface area contributed by atoms with Crippen LogP contribution in [0.15, 0.2) is 42.5 Å². The summed E-state index contributed by atoms with van der Waals surface area (Å²) in [5.41, 5.74) is 1.32. The topological polar surface area (TPSA) is 62.1 Å². The van der Waals surface area contributed by atoms with E-state index in [0.29, 0.717) is 28.6 Å². The molecule has 1 aliphatic carbocycles. The van der Waals surface area contributed by atoms with Crippen LogP contribution in [0.3, 0.4) is 0 Å². The number of nitriles is 1. The predicted octanol–water partition coefficient (Wildman–Crippen LogP) is 5.45. The van der Waals surface area contributed by atoms with Gasteiger partial charge in [0.25, 0.3) is 0 Å². The maximum Gasteiger partial charge on any atom is 0.235 e. The summed E-state index contributed by atoms with van der Waals surface area (Å²) in [6, 6.07) is 14.9. The van der Waals surface area contributed by atoms with E-state index in [-0.39, 0.29) is 5.91 Å². The lowest BCUT2D eigenvalue weighted by Crippen LogP contribution is -2.38. The first-order valence-corrected chi connectivity index (χ1v) is 9.71. The average molecular weight is 383 g/mol. The Hall–Kier alpha value is -2.51. The number of carbonyl (C=O) groups is 1. The summed E-state index contributed by atoms with van der Waals surface area (Å²) >= 11 is 6.02. The van der Waals surface area contributed by atoms with Crippen molar-refractivity contribution in [2.45, 2.75) is 44.4 Å². The lowest BCUT2D eigenvalue weighted by molar-refractivity contribution is -0.121. The maximum absolute atomic E-state index is 13.3. The molecule has 4 nitrogen and oxygen atoms in total. The third kappa shape index (κ3) is 4.09. The van der Waals surface area contributed by atoms with Crippen LogP contribution in [0.5, 0.6) is 5.75 Å². The number of nitrogens with one attached hydrogen (secondary N) is 1. The molecule has 1 N–H and O–H groups in total. The molecule has 3 rings (SSSR count). The molecule has 27 heavy (non-hydrogen) atoms. The predicted molar refractivity (Wildman–Crippen MR) is 107 cm³/mol. The van der Waals surface area contributed by atoms with Gasteiger partial charge in [0.2, 0.25) is 5.91 Å². The number of halogens is 1. The molecule has 0 spiro atoms. The molecule has 0 saturated heterocycles. The van der Waals surface area contributed by atoms with Crippen molar-refractivity contribution in [1.29, 1.82) is 5.26 Å². The van der Waals surface area contributed by atoms with Crippen LogP contribution in [0.4, 0.5) is 5.69 Å². The van der Waals surface area contributed by atoms with Gasteiger partial charge in [0.05, 0.1) is 23.3 Å². The van der Waals surface area contributed by atoms with E-state index < -0.39 is 5.41 Å². The van der Waals surface area contributed by atoms with Crippen LogP contribution in [-0.2, 0) is 10.2 Å². The molecule has 0 atom stereocenters. The zero-order valence-corrected chi connectivity index (χ0v) is 16.2. The summed E-state index contributed by atoms with van der Waals surface area (Å²) < 4.78 is 5.58. The average Bonchev–Trinajstić information content (AvgIpc) is 3.19. The highest BCUT2D eigenvalue weighted by molar-refractivity contribution is 6.30. The van der Waals surface area contributed by atoms with E-state index in [1.165, 1.54) is 0 Å². The van der Waals surface area contributed by atoms with Gasteiger partial charge in [-0.2, -0.15) is 5.26 Å². The molecule has 1 aliphatic rings. The van der Waals surface area contributed by atoms with Gasteiger partial charge < -0.3 is 10.1 Å². The van der Waals surface area contributed by atoms with Gasteiger partial charge in [0.1, 0.15) is 11.8 Å². The molecule has 1 saturated carbocycles. The van der Waals surface area contributed by atoms with E-state index in [4.69, 9.17) is 16.3 Å². The van der Waals surface area contributed by atoms with Gasteiger partial charge in [-0.05, 0) is 55.2 Å². The van der Waals surface area contributed by atoms with Crippen molar-refractivity contribution in [3.8, 4) is 11.8 Å². The van der Waals surface area contributed by atoms with E-state index in [2.05, 4.69) is 11.4 Å². The Morgan fingerprint density at radius 1 is 1.22 bits per heavy atom. The summed E-state index contributed by atoms with van der Waals surface area (Å²) in [5.74, 6) is 0.570. The lowest BCUT2D eigenvalue weighted by Gasteiger charge is -2.28. The summed E-state index contributed by atoms with van der Waals surface area (Å²) in [6.45, 7) is 2.62. The van der Waals surface area contributed by atoms with Gasteiger partial charge in [-0.1, -0.05) is 43.5 Å². The fraction of sp³-hybridized carbons (Fsp3) is 0.364. The number of hydrogen-bond donors (Lipinski definition) is 1. The minimum Gasteiger partial charge on any atom is -0.494 e. The fourth-order valence-corrected chi connectivity index (χ4v) is 3.80. The fourth-order valence-electron chi connectivity index (χ4n) is 3.67. The number of rotatable bonds is 6. The summed E-state index contributed by atoms with van der Waals surface area (Å²) in [7, 11) is 0. The number of carbonyl (C=O) groups excluding carboxylic acids is 1. The highest BCUT2D eigenvalue weighted by Crippen LogP contribution is 2.42. The summed E-state index contributed by atoms with van der Waals surface area (Å²) in [4.78, 5) is 13.3. The molecule has 0 bridgehead atoms. The molecule has 2 aromatic carbocycles. The van der Waals surface area contributed by atoms with Crippen molar-refractivity contribution in [2.24, 2.45) is 0 Å². The lowest BCUT2D eigenvalue weighted by atomic mass is 9.78. The number of amides is 1. The minimum atomic E-state index is -0.575. The second-order valence-electron chi connectivity index (χ2n) is 6.92. The monoisotopic (exact) mass is 382 g/mol. The van der Waals surface area contributed by atoms with Crippen molar-refractivity contribution >= 4 is 23.2 Å². The second kappa shape index (κ2) is 8.45. The Balaban J connectivity index is 1.86. The van der Waals surface area contributed by atoms with E-state index in [9.17, 15) is 10.1 Å². The number of nitrogens with zero attached hydrogens (tertiary/aromatic N) is 1. The molecule has 1 amide bonds. The number of ether oxygens (including phenoxy) is 1. The normalized spacial score (nSPS) is 15.1. The molecular weight excluding hydrogens is 360 g/mol. The first-order valence-electron chi connectivity index (χ1n) is 9.33. The van der Waals surface area contributed by atoms with Gasteiger partial charge in [-0.3, -0.25) is 4.79 Å². The smallest absolute Gasteiger partial charge is 0.235 e. The molecule has 0 aromatic heterocycles. The maximum atomic E-state index is 13.3. The van der Waals surface area contributed by atoms with Crippen LogP contribution < -0.4 is 10.1 Å². The first kappa shape index (κ1) is 19.3. The Morgan fingerprint density at radius 2 is 1.93 bits per heavy atom. The highest BCUT2D eigenvalue weighted by Gasteiger charge is 2.42. The number of benzene rings is 2. The molecule has 5 heteroatoms. The molecule has 0 heterocycles. The van der Waals surface area contributed by atoms with Crippen LogP contribution in [-0.4, -0.2) is 12.5 Å². The minimum absolute atomic E-state index is 0.0685. The van der Waals surface area contributed by atoms with Gasteiger partial charge >= 0.3 is 0 Å². The molecule has 0 aliphatic heterocycles. The zero-order chi connectivity index (χ0) is 19.3. The standard InChI is InChI=1S/C22H23ClN2O2/c1-2-13-27-19-9-10-20(16(14-19)15-24)25-21(26)22(11-3-4-12-22)17-5-7-18(23)8-6-17/h5-10,14H,2-4,11-13H2,1H3,(H,25,26). The third-order valence-corrected chi connectivity index (χ3v) is 5.37. The van der Waals surface area contributed by atoms with E-state index in [1.54, 1.807) is 18.2 Å².